The second-order valence-corrected chi connectivity index (χ2v) is 5.41. The van der Waals surface area contributed by atoms with Crippen LogP contribution in [0.15, 0.2) is 15.6 Å². The van der Waals surface area contributed by atoms with Crippen LogP contribution < -0.4 is 10.9 Å². The number of aromatic amines is 1. The van der Waals surface area contributed by atoms with Gasteiger partial charge in [0.1, 0.15) is 10.3 Å². The van der Waals surface area contributed by atoms with Gasteiger partial charge in [0, 0.05) is 6.54 Å². The number of hydrogen-bond donors (Lipinski definition) is 2. The highest BCUT2D eigenvalue weighted by atomic mass is 79.9. The van der Waals surface area contributed by atoms with Crippen LogP contribution in [-0.4, -0.2) is 21.9 Å². The van der Waals surface area contributed by atoms with Crippen LogP contribution in [0.2, 0.25) is 0 Å². The molecule has 1 unspecified atom stereocenters. The Morgan fingerprint density at radius 2 is 2.31 bits per heavy atom. The molecule has 1 heterocycles. The van der Waals surface area contributed by atoms with Gasteiger partial charge in [0.25, 0.3) is 5.56 Å². The average Bonchev–Trinajstić information content (AvgIpc) is 2.19. The Hall–Kier alpha value is -0.550. The van der Waals surface area contributed by atoms with Gasteiger partial charge in [0.2, 0.25) is 0 Å². The summed E-state index contributed by atoms with van der Waals surface area (Å²) >= 11 is 9.30. The first kappa shape index (κ1) is 13.5. The molecular formula is C10H15BrClN3O. The fourth-order valence-corrected chi connectivity index (χ4v) is 2.10. The lowest BCUT2D eigenvalue weighted by molar-refractivity contribution is 0.572. The van der Waals surface area contributed by atoms with Crippen molar-refractivity contribution in [3.63, 3.8) is 0 Å². The molecule has 0 aliphatic carbocycles. The van der Waals surface area contributed by atoms with Gasteiger partial charge in [-0.05, 0) is 28.3 Å². The molecule has 0 spiro atoms. The number of nitrogens with one attached hydrogen (secondary N) is 2. The number of nitrogens with zero attached hydrogens (tertiary/aromatic N) is 1. The fourth-order valence-electron chi connectivity index (χ4n) is 1.31. The molecule has 2 N–H and O–H groups in total. The third-order valence-corrected chi connectivity index (χ3v) is 3.08. The number of alkyl halides is 1. The van der Waals surface area contributed by atoms with E-state index >= 15 is 0 Å². The molecule has 4 nitrogen and oxygen atoms in total. The predicted molar refractivity (Wildman–Crippen MR) is 70.1 cm³/mol. The third kappa shape index (κ3) is 4.14. The second-order valence-electron chi connectivity index (χ2n) is 4.00. The first-order valence-corrected chi connectivity index (χ1v) is 6.34. The zero-order valence-electron chi connectivity index (χ0n) is 9.26. The summed E-state index contributed by atoms with van der Waals surface area (Å²) in [6.45, 7) is 4.84. The summed E-state index contributed by atoms with van der Waals surface area (Å²) < 4.78 is 0.406. The molecule has 0 fully saturated rings. The molecule has 16 heavy (non-hydrogen) atoms. The van der Waals surface area contributed by atoms with Crippen molar-refractivity contribution in [1.29, 1.82) is 0 Å². The number of aromatic nitrogens is 2. The van der Waals surface area contributed by atoms with E-state index in [0.717, 1.165) is 6.42 Å². The summed E-state index contributed by atoms with van der Waals surface area (Å²) in [5, 5.41) is 3.08. The van der Waals surface area contributed by atoms with Crippen LogP contribution in [0.4, 0.5) is 5.82 Å². The molecule has 0 bridgehead atoms. The zero-order valence-corrected chi connectivity index (χ0v) is 11.6. The minimum Gasteiger partial charge on any atom is -0.367 e. The van der Waals surface area contributed by atoms with Crippen LogP contribution in [0.1, 0.15) is 20.3 Å². The Kier molecular flexibility index (Phi) is 5.28. The van der Waals surface area contributed by atoms with E-state index in [1.54, 1.807) is 0 Å². The van der Waals surface area contributed by atoms with Gasteiger partial charge in [-0.15, -0.1) is 11.6 Å². The zero-order chi connectivity index (χ0) is 12.1. The summed E-state index contributed by atoms with van der Waals surface area (Å²) in [6.07, 6.45) is 2.29. The van der Waals surface area contributed by atoms with Crippen molar-refractivity contribution in [2.24, 2.45) is 5.92 Å². The lowest BCUT2D eigenvalue weighted by Crippen LogP contribution is -2.19. The number of rotatable bonds is 5. The van der Waals surface area contributed by atoms with Crippen LogP contribution in [0.5, 0.6) is 0 Å². The van der Waals surface area contributed by atoms with Gasteiger partial charge in [-0.2, -0.15) is 0 Å². The van der Waals surface area contributed by atoms with Gasteiger partial charge in [-0.1, -0.05) is 13.8 Å². The van der Waals surface area contributed by atoms with Crippen molar-refractivity contribution >= 4 is 33.3 Å². The molecule has 1 aromatic rings. The third-order valence-electron chi connectivity index (χ3n) is 2.01. The maximum atomic E-state index is 11.2. The van der Waals surface area contributed by atoms with Crippen molar-refractivity contribution < 1.29 is 0 Å². The van der Waals surface area contributed by atoms with Gasteiger partial charge in [-0.25, -0.2) is 4.98 Å². The molecule has 0 amide bonds. The van der Waals surface area contributed by atoms with E-state index in [1.165, 1.54) is 6.33 Å². The van der Waals surface area contributed by atoms with Crippen LogP contribution in [0.25, 0.3) is 0 Å². The SMILES string of the molecule is CC(C)CC(Cl)CNc1nc[nH]c(=O)c1Br. The summed E-state index contributed by atoms with van der Waals surface area (Å²) in [5.41, 5.74) is -0.201. The van der Waals surface area contributed by atoms with E-state index < -0.39 is 0 Å². The van der Waals surface area contributed by atoms with Gasteiger partial charge in [-0.3, -0.25) is 4.79 Å². The lowest BCUT2D eigenvalue weighted by Gasteiger charge is -2.13. The Morgan fingerprint density at radius 1 is 1.62 bits per heavy atom. The minimum absolute atomic E-state index is 0.0352. The maximum absolute atomic E-state index is 11.2. The fraction of sp³-hybridized carbons (Fsp3) is 0.600. The van der Waals surface area contributed by atoms with Crippen LogP contribution in [0.3, 0.4) is 0 Å². The standard InChI is InChI=1S/C10H15BrClN3O/c1-6(2)3-7(12)4-13-9-8(11)10(16)15-5-14-9/h5-7H,3-4H2,1-2H3,(H2,13,14,15,16). The van der Waals surface area contributed by atoms with Crippen molar-refractivity contribution in [1.82, 2.24) is 9.97 Å². The lowest BCUT2D eigenvalue weighted by atomic mass is 10.1. The summed E-state index contributed by atoms with van der Waals surface area (Å²) in [5.74, 6) is 1.08. The van der Waals surface area contributed by atoms with Gasteiger partial charge < -0.3 is 10.3 Å². The van der Waals surface area contributed by atoms with Crippen LogP contribution in [0, 0.1) is 5.92 Å². The Labute approximate surface area is 108 Å². The Bertz CT molecular complexity index is 394. The van der Waals surface area contributed by atoms with E-state index in [1.807, 2.05) is 0 Å². The normalized spacial score (nSPS) is 12.8. The summed E-state index contributed by atoms with van der Waals surface area (Å²) in [6, 6.07) is 0. The van der Waals surface area contributed by atoms with Crippen molar-refractivity contribution in [2.45, 2.75) is 25.6 Å². The quantitative estimate of drug-likeness (QED) is 0.822. The molecular weight excluding hydrogens is 293 g/mol. The maximum Gasteiger partial charge on any atom is 0.267 e. The number of H-pyrrole nitrogens is 1. The molecule has 0 aliphatic heterocycles. The molecule has 0 aromatic carbocycles. The van der Waals surface area contributed by atoms with Gasteiger partial charge >= 0.3 is 0 Å². The van der Waals surface area contributed by atoms with E-state index in [9.17, 15) is 4.79 Å². The molecule has 6 heteroatoms. The Balaban J connectivity index is 2.55. The van der Waals surface area contributed by atoms with Crippen LogP contribution in [-0.2, 0) is 0 Å². The van der Waals surface area contributed by atoms with Gasteiger partial charge in [0.05, 0.1) is 11.7 Å². The van der Waals surface area contributed by atoms with E-state index in [0.29, 0.717) is 22.8 Å². The molecule has 0 saturated carbocycles. The monoisotopic (exact) mass is 307 g/mol. The van der Waals surface area contributed by atoms with Crippen LogP contribution >= 0.6 is 27.5 Å². The average molecular weight is 309 g/mol. The number of hydrogen-bond acceptors (Lipinski definition) is 3. The highest BCUT2D eigenvalue weighted by Crippen LogP contribution is 2.15. The van der Waals surface area contributed by atoms with Gasteiger partial charge in [0.15, 0.2) is 0 Å². The van der Waals surface area contributed by atoms with Crippen molar-refractivity contribution in [2.75, 3.05) is 11.9 Å². The molecule has 1 aromatic heterocycles. The molecule has 1 atom stereocenters. The first-order valence-electron chi connectivity index (χ1n) is 5.11. The highest BCUT2D eigenvalue weighted by molar-refractivity contribution is 9.10. The predicted octanol–water partition coefficient (Wildman–Crippen LogP) is 2.60. The second kappa shape index (κ2) is 6.25. The highest BCUT2D eigenvalue weighted by Gasteiger charge is 2.09. The van der Waals surface area contributed by atoms with Crippen molar-refractivity contribution in [3.05, 3.63) is 21.2 Å². The van der Waals surface area contributed by atoms with E-state index in [-0.39, 0.29) is 10.9 Å². The molecule has 0 aliphatic rings. The largest absolute Gasteiger partial charge is 0.367 e. The molecule has 0 saturated heterocycles. The Morgan fingerprint density at radius 3 is 2.94 bits per heavy atom. The number of anilines is 1. The van der Waals surface area contributed by atoms with E-state index in [4.69, 9.17) is 11.6 Å². The topological polar surface area (TPSA) is 57.8 Å². The van der Waals surface area contributed by atoms with E-state index in [2.05, 4.69) is 45.1 Å². The summed E-state index contributed by atoms with van der Waals surface area (Å²) in [4.78, 5) is 17.7. The summed E-state index contributed by atoms with van der Waals surface area (Å²) in [7, 11) is 0. The molecule has 0 radical (unpaired) electrons. The first-order chi connectivity index (χ1) is 7.50. The van der Waals surface area contributed by atoms with Crippen molar-refractivity contribution in [3.8, 4) is 0 Å². The molecule has 90 valence electrons. The molecule has 1 rings (SSSR count). The number of halogens is 2. The smallest absolute Gasteiger partial charge is 0.267 e. The minimum atomic E-state index is -0.201.